The Morgan fingerprint density at radius 1 is 1.07 bits per heavy atom. The molecule has 0 bridgehead atoms. The first-order chi connectivity index (χ1) is 14.5. The minimum atomic E-state index is -0.488. The van der Waals surface area contributed by atoms with Crippen LogP contribution in [0.5, 0.6) is 5.75 Å². The lowest BCUT2D eigenvalue weighted by molar-refractivity contribution is -0.112. The minimum Gasteiger partial charge on any atom is -0.489 e. The van der Waals surface area contributed by atoms with Crippen LogP contribution in [-0.4, -0.2) is 5.91 Å². The average molecular weight is 526 g/mol. The van der Waals surface area contributed by atoms with Crippen LogP contribution in [-0.2, 0) is 11.4 Å². The molecule has 0 aromatic heterocycles. The lowest BCUT2D eigenvalue weighted by Gasteiger charge is -2.10. The number of rotatable bonds is 6. The minimum absolute atomic E-state index is 0.00501. The van der Waals surface area contributed by atoms with E-state index in [-0.39, 0.29) is 5.57 Å². The summed E-state index contributed by atoms with van der Waals surface area (Å²) in [6.07, 6.45) is 1.54. The number of nitriles is 1. The van der Waals surface area contributed by atoms with Crippen LogP contribution < -0.4 is 10.1 Å². The SMILES string of the molecule is Cc1cc(Br)c(NC(=O)/C(C#N)=C/c2cccc(OCc3ccccc3)c2)c(Br)c1. The van der Waals surface area contributed by atoms with Gasteiger partial charge in [0.25, 0.3) is 5.91 Å². The van der Waals surface area contributed by atoms with Crippen LogP contribution in [0.15, 0.2) is 81.2 Å². The van der Waals surface area contributed by atoms with Crippen LogP contribution in [0.3, 0.4) is 0 Å². The van der Waals surface area contributed by atoms with E-state index in [1.165, 1.54) is 0 Å². The lowest BCUT2D eigenvalue weighted by Crippen LogP contribution is -2.14. The van der Waals surface area contributed by atoms with Gasteiger partial charge in [-0.25, -0.2) is 0 Å². The number of nitrogens with one attached hydrogen (secondary N) is 1. The Labute approximate surface area is 192 Å². The van der Waals surface area contributed by atoms with E-state index in [9.17, 15) is 10.1 Å². The van der Waals surface area contributed by atoms with Gasteiger partial charge in [0.2, 0.25) is 0 Å². The molecular formula is C24H18Br2N2O2. The molecule has 30 heavy (non-hydrogen) atoms. The van der Waals surface area contributed by atoms with Crippen molar-refractivity contribution < 1.29 is 9.53 Å². The average Bonchev–Trinajstić information content (AvgIpc) is 2.74. The standard InChI is InChI=1S/C24H18Br2N2O2/c1-16-10-21(25)23(22(26)11-16)28-24(29)19(14-27)12-18-8-5-9-20(13-18)30-15-17-6-3-2-4-7-17/h2-13H,15H2,1H3,(H,28,29)/b19-12+. The van der Waals surface area contributed by atoms with Crippen molar-refractivity contribution in [3.05, 3.63) is 97.9 Å². The third kappa shape index (κ3) is 5.82. The zero-order valence-corrected chi connectivity index (χ0v) is 19.3. The van der Waals surface area contributed by atoms with Crippen LogP contribution >= 0.6 is 31.9 Å². The fourth-order valence-electron chi connectivity index (χ4n) is 2.75. The lowest BCUT2D eigenvalue weighted by atomic mass is 10.1. The van der Waals surface area contributed by atoms with Gasteiger partial charge in [-0.2, -0.15) is 5.26 Å². The molecule has 0 aliphatic heterocycles. The van der Waals surface area contributed by atoms with E-state index in [0.29, 0.717) is 23.6 Å². The maximum absolute atomic E-state index is 12.7. The van der Waals surface area contributed by atoms with Gasteiger partial charge in [0.05, 0.1) is 5.69 Å². The van der Waals surface area contributed by atoms with E-state index < -0.39 is 5.91 Å². The third-order valence-corrected chi connectivity index (χ3v) is 5.46. The first kappa shape index (κ1) is 21.8. The smallest absolute Gasteiger partial charge is 0.266 e. The van der Waals surface area contributed by atoms with Gasteiger partial charge in [-0.05, 0) is 85.8 Å². The molecule has 0 spiro atoms. The molecule has 0 heterocycles. The molecule has 3 aromatic rings. The van der Waals surface area contributed by atoms with Gasteiger partial charge in [0, 0.05) is 8.95 Å². The van der Waals surface area contributed by atoms with Crippen molar-refractivity contribution in [3.8, 4) is 11.8 Å². The number of carbonyl (C=O) groups is 1. The van der Waals surface area contributed by atoms with E-state index >= 15 is 0 Å². The zero-order chi connectivity index (χ0) is 21.5. The normalized spacial score (nSPS) is 10.9. The summed E-state index contributed by atoms with van der Waals surface area (Å²) in [6.45, 7) is 2.39. The summed E-state index contributed by atoms with van der Waals surface area (Å²) in [5.74, 6) is 0.174. The Morgan fingerprint density at radius 2 is 1.77 bits per heavy atom. The summed E-state index contributed by atoms with van der Waals surface area (Å²) >= 11 is 6.89. The summed E-state index contributed by atoms with van der Waals surface area (Å²) in [4.78, 5) is 12.7. The van der Waals surface area contributed by atoms with Gasteiger partial charge in [0.15, 0.2) is 0 Å². The largest absolute Gasteiger partial charge is 0.489 e. The van der Waals surface area contributed by atoms with E-state index in [2.05, 4.69) is 37.2 Å². The van der Waals surface area contributed by atoms with Crippen molar-refractivity contribution in [2.24, 2.45) is 0 Å². The van der Waals surface area contributed by atoms with Crippen LogP contribution in [0.1, 0.15) is 16.7 Å². The highest BCUT2D eigenvalue weighted by Crippen LogP contribution is 2.32. The number of anilines is 1. The van der Waals surface area contributed by atoms with Crippen molar-refractivity contribution in [2.45, 2.75) is 13.5 Å². The van der Waals surface area contributed by atoms with E-state index in [0.717, 1.165) is 20.1 Å². The molecule has 0 saturated carbocycles. The number of hydrogen-bond acceptors (Lipinski definition) is 3. The Bertz CT molecular complexity index is 1110. The monoisotopic (exact) mass is 524 g/mol. The summed E-state index contributed by atoms with van der Waals surface area (Å²) in [7, 11) is 0. The quantitative estimate of drug-likeness (QED) is 0.289. The molecule has 0 aliphatic rings. The number of carbonyl (C=O) groups excluding carboxylic acids is 1. The first-order valence-corrected chi connectivity index (χ1v) is 10.7. The fraction of sp³-hybridized carbons (Fsp3) is 0.0833. The Balaban J connectivity index is 1.76. The molecule has 6 heteroatoms. The third-order valence-electron chi connectivity index (χ3n) is 4.21. The number of amides is 1. The molecule has 4 nitrogen and oxygen atoms in total. The molecule has 0 fully saturated rings. The zero-order valence-electron chi connectivity index (χ0n) is 16.2. The van der Waals surface area contributed by atoms with E-state index in [1.807, 2.05) is 73.7 Å². The number of benzene rings is 3. The van der Waals surface area contributed by atoms with Crippen molar-refractivity contribution in [2.75, 3.05) is 5.32 Å². The van der Waals surface area contributed by atoms with E-state index in [1.54, 1.807) is 12.1 Å². The summed E-state index contributed by atoms with van der Waals surface area (Å²) in [6, 6.07) is 22.9. The second kappa shape index (κ2) is 10.2. The predicted octanol–water partition coefficient (Wildman–Crippen LogP) is 6.64. The fourth-order valence-corrected chi connectivity index (χ4v) is 4.36. The summed E-state index contributed by atoms with van der Waals surface area (Å²) in [5, 5.41) is 12.3. The van der Waals surface area contributed by atoms with Gasteiger partial charge in [-0.15, -0.1) is 0 Å². The molecule has 0 aliphatic carbocycles. The maximum atomic E-state index is 12.7. The molecule has 1 amide bonds. The van der Waals surface area contributed by atoms with Crippen LogP contribution in [0.2, 0.25) is 0 Å². The molecule has 3 rings (SSSR count). The number of ether oxygens (including phenoxy) is 1. The maximum Gasteiger partial charge on any atom is 0.266 e. The number of hydrogen-bond donors (Lipinski definition) is 1. The van der Waals surface area contributed by atoms with Gasteiger partial charge >= 0.3 is 0 Å². The van der Waals surface area contributed by atoms with Crippen LogP contribution in [0.25, 0.3) is 6.08 Å². The van der Waals surface area contributed by atoms with Crippen molar-refractivity contribution >= 4 is 49.5 Å². The second-order valence-electron chi connectivity index (χ2n) is 6.57. The molecule has 0 saturated heterocycles. The molecule has 0 unspecified atom stereocenters. The highest BCUT2D eigenvalue weighted by Gasteiger charge is 2.14. The number of halogens is 2. The van der Waals surface area contributed by atoms with Crippen molar-refractivity contribution in [1.29, 1.82) is 5.26 Å². The van der Waals surface area contributed by atoms with Crippen LogP contribution in [0, 0.1) is 18.3 Å². The Kier molecular flexibility index (Phi) is 7.45. The molecule has 150 valence electrons. The van der Waals surface area contributed by atoms with Crippen molar-refractivity contribution in [3.63, 3.8) is 0 Å². The number of nitrogens with zero attached hydrogens (tertiary/aromatic N) is 1. The highest BCUT2D eigenvalue weighted by molar-refractivity contribution is 9.11. The van der Waals surface area contributed by atoms with Crippen LogP contribution in [0.4, 0.5) is 5.69 Å². The summed E-state index contributed by atoms with van der Waals surface area (Å²) < 4.78 is 7.29. The molecular weight excluding hydrogens is 508 g/mol. The number of aryl methyl sites for hydroxylation is 1. The van der Waals surface area contributed by atoms with E-state index in [4.69, 9.17) is 4.74 Å². The Morgan fingerprint density at radius 3 is 2.43 bits per heavy atom. The molecule has 1 N–H and O–H groups in total. The summed E-state index contributed by atoms with van der Waals surface area (Å²) in [5.41, 5.74) is 3.37. The van der Waals surface area contributed by atoms with Gasteiger partial charge in [-0.3, -0.25) is 4.79 Å². The van der Waals surface area contributed by atoms with Gasteiger partial charge in [-0.1, -0.05) is 42.5 Å². The predicted molar refractivity (Wildman–Crippen MR) is 126 cm³/mol. The van der Waals surface area contributed by atoms with Crippen molar-refractivity contribution in [1.82, 2.24) is 0 Å². The van der Waals surface area contributed by atoms with Gasteiger partial charge in [0.1, 0.15) is 24.0 Å². The Hall–Kier alpha value is -2.88. The van der Waals surface area contributed by atoms with Gasteiger partial charge < -0.3 is 10.1 Å². The highest BCUT2D eigenvalue weighted by atomic mass is 79.9. The molecule has 3 aromatic carbocycles. The topological polar surface area (TPSA) is 62.1 Å². The molecule has 0 atom stereocenters. The second-order valence-corrected chi connectivity index (χ2v) is 8.28. The first-order valence-electron chi connectivity index (χ1n) is 9.12. The molecule has 0 radical (unpaired) electrons.